The number of hydrogen-bond acceptors (Lipinski definition) is 2. The van der Waals surface area contributed by atoms with Crippen molar-refractivity contribution >= 4 is 11.7 Å². The highest BCUT2D eigenvalue weighted by atomic mass is 19.1. The molecule has 0 radical (unpaired) electrons. The third-order valence-corrected chi connectivity index (χ3v) is 3.45. The summed E-state index contributed by atoms with van der Waals surface area (Å²) in [4.78, 5) is 12.8. The fourth-order valence-electron chi connectivity index (χ4n) is 2.57. The van der Waals surface area contributed by atoms with Crippen molar-refractivity contribution in [3.63, 3.8) is 0 Å². The number of anilines is 1. The summed E-state index contributed by atoms with van der Waals surface area (Å²) in [5.41, 5.74) is 1.94. The maximum absolute atomic E-state index is 13.3. The normalized spacial score (nSPS) is 20.2. The molecule has 92 valence electrons. The molecular formula is C13H16FNO2. The molecular weight excluding hydrogens is 221 g/mol. The standard InChI is InChI=1S/C13H16FNO2/c1-8(5-13(16)17)11-7-15(2)12-4-3-9(14)6-10(11)12/h3-4,6,8,11H,5,7H2,1-2H3,(H,16,17). The molecule has 1 aliphatic heterocycles. The second-order valence-electron chi connectivity index (χ2n) is 4.77. The molecule has 0 amide bonds. The van der Waals surface area contributed by atoms with E-state index in [0.717, 1.165) is 17.8 Å². The van der Waals surface area contributed by atoms with E-state index >= 15 is 0 Å². The van der Waals surface area contributed by atoms with E-state index in [1.54, 1.807) is 6.07 Å². The Morgan fingerprint density at radius 1 is 1.65 bits per heavy atom. The van der Waals surface area contributed by atoms with Crippen LogP contribution in [-0.4, -0.2) is 24.7 Å². The number of halogens is 1. The fraction of sp³-hybridized carbons (Fsp3) is 0.462. The summed E-state index contributed by atoms with van der Waals surface area (Å²) in [6.45, 7) is 2.67. The maximum atomic E-state index is 13.3. The second kappa shape index (κ2) is 4.35. The predicted molar refractivity (Wildman–Crippen MR) is 63.8 cm³/mol. The molecule has 0 spiro atoms. The van der Waals surface area contributed by atoms with Crippen LogP contribution >= 0.6 is 0 Å². The van der Waals surface area contributed by atoms with Crippen molar-refractivity contribution in [3.05, 3.63) is 29.6 Å². The van der Waals surface area contributed by atoms with Gasteiger partial charge in [-0.05, 0) is 29.7 Å². The van der Waals surface area contributed by atoms with Crippen LogP contribution in [0.1, 0.15) is 24.8 Å². The number of carboxylic acid groups (broad SMARTS) is 1. The van der Waals surface area contributed by atoms with Crippen LogP contribution in [0.2, 0.25) is 0 Å². The largest absolute Gasteiger partial charge is 0.481 e. The lowest BCUT2D eigenvalue weighted by atomic mass is 9.87. The first-order valence-electron chi connectivity index (χ1n) is 5.71. The smallest absolute Gasteiger partial charge is 0.303 e. The highest BCUT2D eigenvalue weighted by molar-refractivity contribution is 5.68. The Labute approximate surface area is 99.9 Å². The van der Waals surface area contributed by atoms with Crippen LogP contribution in [0.15, 0.2) is 18.2 Å². The van der Waals surface area contributed by atoms with E-state index < -0.39 is 5.97 Å². The lowest BCUT2D eigenvalue weighted by Gasteiger charge is -2.18. The lowest BCUT2D eigenvalue weighted by Crippen LogP contribution is -2.20. The van der Waals surface area contributed by atoms with Gasteiger partial charge < -0.3 is 10.0 Å². The number of likely N-dealkylation sites (N-methyl/N-ethyl adjacent to an activating group) is 1. The zero-order valence-electron chi connectivity index (χ0n) is 9.98. The quantitative estimate of drug-likeness (QED) is 0.878. The number of hydrogen-bond donors (Lipinski definition) is 1. The van der Waals surface area contributed by atoms with E-state index in [-0.39, 0.29) is 24.1 Å². The van der Waals surface area contributed by atoms with Crippen LogP contribution in [0.4, 0.5) is 10.1 Å². The number of benzene rings is 1. The summed E-state index contributed by atoms with van der Waals surface area (Å²) in [6, 6.07) is 4.74. The summed E-state index contributed by atoms with van der Waals surface area (Å²) in [5.74, 6) is -0.948. The molecule has 0 aliphatic carbocycles. The van der Waals surface area contributed by atoms with Gasteiger partial charge in [-0.2, -0.15) is 0 Å². The van der Waals surface area contributed by atoms with Crippen molar-refractivity contribution in [1.29, 1.82) is 0 Å². The minimum atomic E-state index is -0.801. The Balaban J connectivity index is 2.29. The first-order valence-corrected chi connectivity index (χ1v) is 5.71. The van der Waals surface area contributed by atoms with Gasteiger partial charge in [-0.15, -0.1) is 0 Å². The number of carbonyl (C=O) groups is 1. The second-order valence-corrected chi connectivity index (χ2v) is 4.77. The van der Waals surface area contributed by atoms with E-state index in [4.69, 9.17) is 5.11 Å². The molecule has 2 rings (SSSR count). The van der Waals surface area contributed by atoms with Crippen LogP contribution < -0.4 is 4.90 Å². The van der Waals surface area contributed by atoms with Gasteiger partial charge in [-0.3, -0.25) is 4.79 Å². The van der Waals surface area contributed by atoms with Crippen LogP contribution in [-0.2, 0) is 4.79 Å². The number of carboxylic acids is 1. The zero-order valence-corrected chi connectivity index (χ0v) is 9.98. The molecule has 17 heavy (non-hydrogen) atoms. The Kier molecular flexibility index (Phi) is 3.05. The molecule has 1 aromatic carbocycles. The van der Waals surface area contributed by atoms with Crippen molar-refractivity contribution in [3.8, 4) is 0 Å². The molecule has 1 heterocycles. The molecule has 2 atom stereocenters. The van der Waals surface area contributed by atoms with Gasteiger partial charge in [0.2, 0.25) is 0 Å². The van der Waals surface area contributed by atoms with Crippen LogP contribution in [0.25, 0.3) is 0 Å². The summed E-state index contributed by atoms with van der Waals surface area (Å²) in [5, 5.41) is 8.83. The van der Waals surface area contributed by atoms with Crippen LogP contribution in [0.3, 0.4) is 0 Å². The van der Waals surface area contributed by atoms with Crippen LogP contribution in [0, 0.1) is 11.7 Å². The summed E-state index contributed by atoms with van der Waals surface area (Å²) in [6.07, 6.45) is 0.120. The molecule has 0 aromatic heterocycles. The number of nitrogens with zero attached hydrogens (tertiary/aromatic N) is 1. The van der Waals surface area contributed by atoms with E-state index in [1.807, 2.05) is 14.0 Å². The molecule has 1 N–H and O–H groups in total. The van der Waals surface area contributed by atoms with Crippen molar-refractivity contribution in [1.82, 2.24) is 0 Å². The van der Waals surface area contributed by atoms with Gasteiger partial charge in [-0.25, -0.2) is 4.39 Å². The fourth-order valence-corrected chi connectivity index (χ4v) is 2.57. The Morgan fingerprint density at radius 2 is 2.35 bits per heavy atom. The first kappa shape index (κ1) is 11.9. The SMILES string of the molecule is CC(CC(=O)O)C1CN(C)c2ccc(F)cc21. The predicted octanol–water partition coefficient (Wildman–Crippen LogP) is 2.47. The van der Waals surface area contributed by atoms with Gasteiger partial charge in [-0.1, -0.05) is 6.92 Å². The average Bonchev–Trinajstić information content (AvgIpc) is 2.54. The Morgan fingerprint density at radius 3 is 3.00 bits per heavy atom. The topological polar surface area (TPSA) is 40.5 Å². The number of fused-ring (bicyclic) bond motifs is 1. The maximum Gasteiger partial charge on any atom is 0.303 e. The van der Waals surface area contributed by atoms with Crippen molar-refractivity contribution in [2.24, 2.45) is 5.92 Å². The van der Waals surface area contributed by atoms with Crippen molar-refractivity contribution in [2.75, 3.05) is 18.5 Å². The minimum Gasteiger partial charge on any atom is -0.481 e. The molecule has 1 aliphatic rings. The van der Waals surface area contributed by atoms with E-state index in [9.17, 15) is 9.18 Å². The van der Waals surface area contributed by atoms with E-state index in [2.05, 4.69) is 4.90 Å². The molecule has 0 saturated carbocycles. The third-order valence-electron chi connectivity index (χ3n) is 3.45. The average molecular weight is 237 g/mol. The summed E-state index contributed by atoms with van der Waals surface area (Å²) >= 11 is 0. The molecule has 0 fully saturated rings. The minimum absolute atomic E-state index is 0.0120. The third kappa shape index (κ3) is 2.25. The highest BCUT2D eigenvalue weighted by Gasteiger charge is 2.31. The van der Waals surface area contributed by atoms with Gasteiger partial charge in [0.1, 0.15) is 5.82 Å². The van der Waals surface area contributed by atoms with Gasteiger partial charge >= 0.3 is 5.97 Å². The first-order chi connectivity index (χ1) is 7.99. The molecule has 0 bridgehead atoms. The van der Waals surface area contributed by atoms with Crippen molar-refractivity contribution in [2.45, 2.75) is 19.3 Å². The van der Waals surface area contributed by atoms with Gasteiger partial charge in [0.05, 0.1) is 0 Å². The highest BCUT2D eigenvalue weighted by Crippen LogP contribution is 2.40. The van der Waals surface area contributed by atoms with E-state index in [0.29, 0.717) is 0 Å². The zero-order chi connectivity index (χ0) is 12.6. The van der Waals surface area contributed by atoms with Crippen molar-refractivity contribution < 1.29 is 14.3 Å². The number of aliphatic carboxylic acids is 1. The molecule has 4 heteroatoms. The van der Waals surface area contributed by atoms with Gasteiger partial charge in [0, 0.05) is 31.6 Å². The molecule has 1 aromatic rings. The molecule has 0 saturated heterocycles. The summed E-state index contributed by atoms with van der Waals surface area (Å²) in [7, 11) is 1.95. The Bertz CT molecular complexity index is 447. The molecule has 2 unspecified atom stereocenters. The van der Waals surface area contributed by atoms with E-state index in [1.165, 1.54) is 12.1 Å². The molecule has 3 nitrogen and oxygen atoms in total. The van der Waals surface area contributed by atoms with Gasteiger partial charge in [0.15, 0.2) is 0 Å². The monoisotopic (exact) mass is 237 g/mol. The summed E-state index contributed by atoms with van der Waals surface area (Å²) < 4.78 is 13.3. The van der Waals surface area contributed by atoms with Gasteiger partial charge in [0.25, 0.3) is 0 Å². The van der Waals surface area contributed by atoms with Crippen LogP contribution in [0.5, 0.6) is 0 Å². The number of rotatable bonds is 3. The Hall–Kier alpha value is -1.58. The lowest BCUT2D eigenvalue weighted by molar-refractivity contribution is -0.138.